The monoisotopic (exact) mass is 467 g/mol. The molecule has 1 aliphatic heterocycles. The summed E-state index contributed by atoms with van der Waals surface area (Å²) in [5.41, 5.74) is 1.07. The molecule has 0 aromatic carbocycles. The minimum Gasteiger partial charge on any atom is -0.489 e. The molecular formula is C20H22BrNO3S2. The van der Waals surface area contributed by atoms with Gasteiger partial charge in [-0.3, -0.25) is 9.69 Å². The highest BCUT2D eigenvalue weighted by molar-refractivity contribution is 9.09. The van der Waals surface area contributed by atoms with Crippen LogP contribution in [0.2, 0.25) is 0 Å². The fourth-order valence-electron chi connectivity index (χ4n) is 2.27. The molecule has 0 saturated carbocycles. The number of amides is 1. The molecule has 0 spiro atoms. The molecule has 27 heavy (non-hydrogen) atoms. The second-order valence-corrected chi connectivity index (χ2v) is 7.89. The van der Waals surface area contributed by atoms with E-state index in [1.54, 1.807) is 23.3 Å². The SMILES string of the molecule is C/C=C(\C=C/CBr)COC(=C\CC)/C=C1/SC(=S)N(Cc2ccco2)C1=O. The van der Waals surface area contributed by atoms with E-state index in [9.17, 15) is 4.79 Å². The summed E-state index contributed by atoms with van der Waals surface area (Å²) in [7, 11) is 0. The Labute approximate surface area is 178 Å². The van der Waals surface area contributed by atoms with Crippen molar-refractivity contribution in [3.8, 4) is 0 Å². The van der Waals surface area contributed by atoms with E-state index in [-0.39, 0.29) is 5.91 Å². The summed E-state index contributed by atoms with van der Waals surface area (Å²) >= 11 is 10.0. The minimum atomic E-state index is -0.127. The number of hydrogen-bond donors (Lipinski definition) is 0. The quantitative estimate of drug-likeness (QED) is 0.152. The summed E-state index contributed by atoms with van der Waals surface area (Å²) in [6.07, 6.45) is 12.2. The highest BCUT2D eigenvalue weighted by atomic mass is 79.9. The zero-order chi connectivity index (χ0) is 19.6. The number of halogens is 1. The molecule has 0 N–H and O–H groups in total. The maximum atomic E-state index is 12.7. The zero-order valence-corrected chi connectivity index (χ0v) is 18.5. The first-order valence-corrected chi connectivity index (χ1v) is 10.9. The standard InChI is InChI=1S/C20H22BrNO3S2/c1-3-7-16(25-14-15(4-2)8-5-10-21)12-18-19(23)22(20(26)27-18)13-17-9-6-11-24-17/h4-9,11-12H,3,10,13-14H2,1-2H3/b8-5-,15-4+,16-7-,18-12+. The lowest BCUT2D eigenvalue weighted by Crippen LogP contribution is -2.27. The first kappa shape index (κ1) is 21.7. The van der Waals surface area contributed by atoms with Gasteiger partial charge in [0.05, 0.1) is 17.7 Å². The maximum absolute atomic E-state index is 12.7. The van der Waals surface area contributed by atoms with Crippen LogP contribution < -0.4 is 0 Å². The lowest BCUT2D eigenvalue weighted by molar-refractivity contribution is -0.122. The summed E-state index contributed by atoms with van der Waals surface area (Å²) < 4.78 is 11.8. The Morgan fingerprint density at radius 3 is 2.93 bits per heavy atom. The van der Waals surface area contributed by atoms with Crippen molar-refractivity contribution in [1.29, 1.82) is 0 Å². The Balaban J connectivity index is 2.08. The van der Waals surface area contributed by atoms with Gasteiger partial charge in [-0.15, -0.1) is 0 Å². The summed E-state index contributed by atoms with van der Waals surface area (Å²) in [4.78, 5) is 14.8. The number of thiocarbonyl (C=S) groups is 1. The highest BCUT2D eigenvalue weighted by Gasteiger charge is 2.32. The Morgan fingerprint density at radius 2 is 2.30 bits per heavy atom. The molecule has 1 aromatic heterocycles. The van der Waals surface area contributed by atoms with E-state index in [2.05, 4.69) is 15.9 Å². The van der Waals surface area contributed by atoms with Crippen molar-refractivity contribution >= 4 is 50.1 Å². The number of carbonyl (C=O) groups is 1. The van der Waals surface area contributed by atoms with Gasteiger partial charge in [0.25, 0.3) is 5.91 Å². The number of rotatable bonds is 9. The van der Waals surface area contributed by atoms with Crippen molar-refractivity contribution in [2.75, 3.05) is 11.9 Å². The first-order chi connectivity index (χ1) is 13.1. The van der Waals surface area contributed by atoms with Crippen LogP contribution in [0.5, 0.6) is 0 Å². The molecule has 0 radical (unpaired) electrons. The molecule has 1 amide bonds. The Kier molecular flexibility index (Phi) is 9.10. The molecule has 1 aromatic rings. The zero-order valence-electron chi connectivity index (χ0n) is 15.3. The van der Waals surface area contributed by atoms with Crippen LogP contribution in [-0.2, 0) is 16.1 Å². The van der Waals surface area contributed by atoms with Crippen LogP contribution in [0.1, 0.15) is 26.0 Å². The minimum absolute atomic E-state index is 0.127. The van der Waals surface area contributed by atoms with Crippen molar-refractivity contribution in [2.24, 2.45) is 0 Å². The van der Waals surface area contributed by atoms with Gasteiger partial charge in [-0.05, 0) is 43.2 Å². The number of alkyl halides is 1. The number of ether oxygens (including phenoxy) is 1. The first-order valence-electron chi connectivity index (χ1n) is 8.57. The third kappa shape index (κ3) is 6.52. The lowest BCUT2D eigenvalue weighted by atomic mass is 10.2. The van der Waals surface area contributed by atoms with Gasteiger partial charge in [0, 0.05) is 5.33 Å². The Bertz CT molecular complexity index is 779. The van der Waals surface area contributed by atoms with Crippen LogP contribution in [0.25, 0.3) is 0 Å². The van der Waals surface area contributed by atoms with Crippen LogP contribution in [0, 0.1) is 0 Å². The number of hydrogen-bond acceptors (Lipinski definition) is 5. The fraction of sp³-hybridized carbons (Fsp3) is 0.300. The van der Waals surface area contributed by atoms with Crippen LogP contribution >= 0.6 is 39.9 Å². The van der Waals surface area contributed by atoms with E-state index in [4.69, 9.17) is 21.4 Å². The molecule has 1 saturated heterocycles. The average molecular weight is 468 g/mol. The third-order valence-electron chi connectivity index (χ3n) is 3.64. The largest absolute Gasteiger partial charge is 0.489 e. The van der Waals surface area contributed by atoms with Gasteiger partial charge < -0.3 is 9.15 Å². The van der Waals surface area contributed by atoms with Crippen molar-refractivity contribution in [3.63, 3.8) is 0 Å². The van der Waals surface area contributed by atoms with E-state index in [0.717, 1.165) is 17.3 Å². The smallest absolute Gasteiger partial charge is 0.266 e. The van der Waals surface area contributed by atoms with Crippen molar-refractivity contribution in [1.82, 2.24) is 4.90 Å². The number of allylic oxidation sites excluding steroid dienone is 4. The summed E-state index contributed by atoms with van der Waals surface area (Å²) in [5.74, 6) is 1.24. The molecule has 0 aliphatic carbocycles. The topological polar surface area (TPSA) is 42.7 Å². The number of thioether (sulfide) groups is 1. The van der Waals surface area contributed by atoms with Gasteiger partial charge >= 0.3 is 0 Å². The van der Waals surface area contributed by atoms with Gasteiger partial charge in [-0.2, -0.15) is 0 Å². The van der Waals surface area contributed by atoms with E-state index < -0.39 is 0 Å². The fourth-order valence-corrected chi connectivity index (χ4v) is 3.70. The van der Waals surface area contributed by atoms with Crippen LogP contribution in [0.3, 0.4) is 0 Å². The molecule has 1 aliphatic rings. The van der Waals surface area contributed by atoms with Crippen molar-refractivity contribution in [3.05, 3.63) is 70.8 Å². The van der Waals surface area contributed by atoms with Gasteiger partial charge in [0.15, 0.2) is 0 Å². The summed E-state index contributed by atoms with van der Waals surface area (Å²) in [6.45, 7) is 4.78. The van der Waals surface area contributed by atoms with Gasteiger partial charge in [0.1, 0.15) is 22.4 Å². The normalized spacial score (nSPS) is 17.6. The van der Waals surface area contributed by atoms with Crippen LogP contribution in [0.4, 0.5) is 0 Å². The second kappa shape index (κ2) is 11.3. The number of nitrogens with zero attached hydrogens (tertiary/aromatic N) is 1. The van der Waals surface area contributed by atoms with E-state index in [1.165, 1.54) is 11.8 Å². The van der Waals surface area contributed by atoms with Crippen LogP contribution in [0.15, 0.2) is 69.4 Å². The highest BCUT2D eigenvalue weighted by Crippen LogP contribution is 2.33. The van der Waals surface area contributed by atoms with Gasteiger partial charge in [-0.1, -0.05) is 65.1 Å². The number of furan rings is 1. The predicted molar refractivity (Wildman–Crippen MR) is 119 cm³/mol. The molecule has 2 heterocycles. The lowest BCUT2D eigenvalue weighted by Gasteiger charge is -2.12. The molecule has 1 fully saturated rings. The van der Waals surface area contributed by atoms with Gasteiger partial charge in [-0.25, -0.2) is 0 Å². The molecule has 2 rings (SSSR count). The summed E-state index contributed by atoms with van der Waals surface area (Å²) in [5, 5.41) is 0.792. The molecule has 0 atom stereocenters. The summed E-state index contributed by atoms with van der Waals surface area (Å²) in [6, 6.07) is 3.62. The van der Waals surface area contributed by atoms with E-state index >= 15 is 0 Å². The maximum Gasteiger partial charge on any atom is 0.266 e. The predicted octanol–water partition coefficient (Wildman–Crippen LogP) is 5.73. The Hall–Kier alpha value is -1.57. The Morgan fingerprint density at radius 1 is 1.48 bits per heavy atom. The number of carbonyl (C=O) groups excluding carboxylic acids is 1. The molecule has 7 heteroatoms. The molecule has 0 bridgehead atoms. The molecule has 0 unspecified atom stereocenters. The molecule has 144 valence electrons. The van der Waals surface area contributed by atoms with E-state index in [0.29, 0.717) is 33.9 Å². The van der Waals surface area contributed by atoms with Gasteiger partial charge in [0.2, 0.25) is 0 Å². The average Bonchev–Trinajstić information content (AvgIpc) is 3.26. The third-order valence-corrected chi connectivity index (χ3v) is 5.40. The second-order valence-electron chi connectivity index (χ2n) is 5.57. The molecule has 4 nitrogen and oxygen atoms in total. The van der Waals surface area contributed by atoms with Crippen LogP contribution in [-0.4, -0.2) is 27.1 Å². The molecular weight excluding hydrogens is 446 g/mol. The van der Waals surface area contributed by atoms with Crippen molar-refractivity contribution in [2.45, 2.75) is 26.8 Å². The van der Waals surface area contributed by atoms with Crippen molar-refractivity contribution < 1.29 is 13.9 Å². The van der Waals surface area contributed by atoms with E-state index in [1.807, 2.05) is 44.2 Å².